The molecule has 2 amide bonds. The van der Waals surface area contributed by atoms with Crippen LogP contribution in [0.25, 0.3) is 6.08 Å². The number of carbonyl (C=O) groups excluding carboxylic acids is 3. The SMILES string of the molecule is O=C(CCNC(=O)C1=CC2OCOC2C(OC(=O)c2ccc(C=CCOC3OC(CO)C(O)C(O)C3O)cc2)C1)NCCO. The molecule has 242 valence electrons. The van der Waals surface area contributed by atoms with Crippen molar-refractivity contribution in [1.82, 2.24) is 10.6 Å². The molecule has 0 radical (unpaired) electrons. The van der Waals surface area contributed by atoms with Crippen molar-refractivity contribution in [2.75, 3.05) is 39.7 Å². The van der Waals surface area contributed by atoms with E-state index in [0.29, 0.717) is 5.57 Å². The lowest BCUT2D eigenvalue weighted by Crippen LogP contribution is -2.59. The van der Waals surface area contributed by atoms with Crippen LogP contribution < -0.4 is 10.6 Å². The Morgan fingerprint density at radius 3 is 2.48 bits per heavy atom. The number of esters is 1. The summed E-state index contributed by atoms with van der Waals surface area (Å²) in [5.74, 6) is -1.34. The van der Waals surface area contributed by atoms with Gasteiger partial charge in [-0.05, 0) is 23.8 Å². The molecule has 7 N–H and O–H groups in total. The molecule has 2 fully saturated rings. The van der Waals surface area contributed by atoms with E-state index in [1.807, 2.05) is 0 Å². The minimum absolute atomic E-state index is 0.0130. The van der Waals surface area contributed by atoms with Crippen molar-refractivity contribution in [3.8, 4) is 0 Å². The Bertz CT molecular complexity index is 1190. The number of ether oxygens (including phenoxy) is 5. The number of benzene rings is 1. The van der Waals surface area contributed by atoms with Gasteiger partial charge in [-0.25, -0.2) is 4.79 Å². The van der Waals surface area contributed by atoms with Gasteiger partial charge in [0.1, 0.15) is 49.5 Å². The van der Waals surface area contributed by atoms with Crippen molar-refractivity contribution in [3.05, 3.63) is 53.1 Å². The fraction of sp³-hybridized carbons (Fsp3) is 0.552. The zero-order chi connectivity index (χ0) is 31.6. The Balaban J connectivity index is 1.27. The molecule has 0 bridgehead atoms. The van der Waals surface area contributed by atoms with Crippen molar-refractivity contribution in [2.45, 2.75) is 61.9 Å². The molecule has 0 aromatic heterocycles. The van der Waals surface area contributed by atoms with Crippen molar-refractivity contribution in [3.63, 3.8) is 0 Å². The van der Waals surface area contributed by atoms with Gasteiger partial charge in [0.2, 0.25) is 11.8 Å². The first-order valence-corrected chi connectivity index (χ1v) is 14.2. The summed E-state index contributed by atoms with van der Waals surface area (Å²) in [6.45, 7) is -0.540. The van der Waals surface area contributed by atoms with Crippen molar-refractivity contribution < 1.29 is 63.6 Å². The number of hydrogen-bond donors (Lipinski definition) is 7. The van der Waals surface area contributed by atoms with Gasteiger partial charge < -0.3 is 59.9 Å². The second kappa shape index (κ2) is 16.2. The molecule has 2 heterocycles. The highest BCUT2D eigenvalue weighted by molar-refractivity contribution is 5.94. The summed E-state index contributed by atoms with van der Waals surface area (Å²) in [7, 11) is 0. The third-order valence-corrected chi connectivity index (χ3v) is 7.28. The number of rotatable bonds is 13. The van der Waals surface area contributed by atoms with Crippen LogP contribution in [0.2, 0.25) is 0 Å². The van der Waals surface area contributed by atoms with Gasteiger partial charge in [0.25, 0.3) is 0 Å². The molecule has 4 rings (SSSR count). The van der Waals surface area contributed by atoms with Gasteiger partial charge in [-0.2, -0.15) is 0 Å². The van der Waals surface area contributed by atoms with Gasteiger partial charge in [-0.1, -0.05) is 24.3 Å². The third kappa shape index (κ3) is 8.68. The van der Waals surface area contributed by atoms with E-state index < -0.39 is 67.5 Å². The number of carbonyl (C=O) groups is 3. The van der Waals surface area contributed by atoms with E-state index in [4.69, 9.17) is 28.8 Å². The summed E-state index contributed by atoms with van der Waals surface area (Å²) in [6, 6.07) is 6.49. The maximum atomic E-state index is 13.0. The molecule has 44 heavy (non-hydrogen) atoms. The largest absolute Gasteiger partial charge is 0.456 e. The summed E-state index contributed by atoms with van der Waals surface area (Å²) < 4.78 is 27.6. The zero-order valence-corrected chi connectivity index (χ0v) is 23.8. The molecule has 3 aliphatic rings. The van der Waals surface area contributed by atoms with E-state index in [-0.39, 0.29) is 57.4 Å². The zero-order valence-electron chi connectivity index (χ0n) is 23.8. The summed E-state index contributed by atoms with van der Waals surface area (Å²) in [4.78, 5) is 37.4. The molecule has 15 heteroatoms. The quantitative estimate of drug-likeness (QED) is 0.115. The summed E-state index contributed by atoms with van der Waals surface area (Å²) in [5.41, 5.74) is 1.33. The predicted molar refractivity (Wildman–Crippen MR) is 149 cm³/mol. The van der Waals surface area contributed by atoms with Crippen LogP contribution in [0, 0.1) is 0 Å². The monoisotopic (exact) mass is 622 g/mol. The lowest BCUT2D eigenvalue weighted by Gasteiger charge is -2.39. The van der Waals surface area contributed by atoms with Crippen LogP contribution in [-0.4, -0.2) is 132 Å². The Morgan fingerprint density at radius 2 is 1.75 bits per heavy atom. The Morgan fingerprint density at radius 1 is 0.977 bits per heavy atom. The first-order chi connectivity index (χ1) is 21.2. The topological polar surface area (TPSA) is 223 Å². The number of nitrogens with one attached hydrogen (secondary N) is 2. The standard InChI is InChI=1S/C29H38N2O13/c32-10-9-30-22(34)7-8-31-27(38)18-12-19-26(42-15-41-19)20(13-18)43-28(39)17-5-3-16(4-6-17)2-1-11-40-29-25(37)24(36)23(35)21(14-33)44-29/h1-6,12,19-21,23-26,29,32-33,35-37H,7-11,13-15H2,(H,30,34)(H,31,38). The van der Waals surface area contributed by atoms with Crippen LogP contribution >= 0.6 is 0 Å². The fourth-order valence-electron chi connectivity index (χ4n) is 4.89. The molecule has 15 nitrogen and oxygen atoms in total. The van der Waals surface area contributed by atoms with E-state index in [2.05, 4.69) is 10.6 Å². The van der Waals surface area contributed by atoms with Crippen LogP contribution in [0.15, 0.2) is 42.0 Å². The van der Waals surface area contributed by atoms with Crippen molar-refractivity contribution in [2.24, 2.45) is 0 Å². The van der Waals surface area contributed by atoms with Crippen LogP contribution in [0.5, 0.6) is 0 Å². The van der Waals surface area contributed by atoms with Crippen LogP contribution in [-0.2, 0) is 33.3 Å². The smallest absolute Gasteiger partial charge is 0.338 e. The molecule has 8 unspecified atom stereocenters. The first-order valence-electron chi connectivity index (χ1n) is 14.2. The van der Waals surface area contributed by atoms with E-state index in [9.17, 15) is 34.8 Å². The Hall–Kier alpha value is -3.25. The van der Waals surface area contributed by atoms with E-state index in [0.717, 1.165) is 5.56 Å². The predicted octanol–water partition coefficient (Wildman–Crippen LogP) is -2.27. The molecule has 1 aliphatic carbocycles. The number of aliphatic hydroxyl groups is 5. The van der Waals surface area contributed by atoms with E-state index in [1.54, 1.807) is 42.5 Å². The maximum absolute atomic E-state index is 13.0. The lowest BCUT2D eigenvalue weighted by atomic mass is 9.91. The van der Waals surface area contributed by atoms with Crippen molar-refractivity contribution in [1.29, 1.82) is 0 Å². The molecule has 0 saturated carbocycles. The third-order valence-electron chi connectivity index (χ3n) is 7.28. The van der Waals surface area contributed by atoms with Crippen LogP contribution in [0.3, 0.4) is 0 Å². The molecular formula is C29H38N2O13. The second-order valence-corrected chi connectivity index (χ2v) is 10.4. The summed E-state index contributed by atoms with van der Waals surface area (Å²) >= 11 is 0. The molecule has 8 atom stereocenters. The second-order valence-electron chi connectivity index (χ2n) is 10.4. The van der Waals surface area contributed by atoms with Gasteiger partial charge in [0, 0.05) is 31.5 Å². The molecule has 2 saturated heterocycles. The molecule has 2 aliphatic heterocycles. The number of hydrogen-bond acceptors (Lipinski definition) is 13. The van der Waals surface area contributed by atoms with Gasteiger partial charge in [-0.15, -0.1) is 0 Å². The van der Waals surface area contributed by atoms with Gasteiger partial charge in [-0.3, -0.25) is 9.59 Å². The van der Waals surface area contributed by atoms with Gasteiger partial charge in [0.15, 0.2) is 6.29 Å². The number of aliphatic hydroxyl groups excluding tert-OH is 5. The average Bonchev–Trinajstić information content (AvgIpc) is 3.51. The minimum Gasteiger partial charge on any atom is -0.456 e. The highest BCUT2D eigenvalue weighted by Crippen LogP contribution is 2.31. The van der Waals surface area contributed by atoms with E-state index >= 15 is 0 Å². The number of fused-ring (bicyclic) bond motifs is 1. The molecule has 0 spiro atoms. The molecule has 1 aromatic carbocycles. The molecule has 1 aromatic rings. The van der Waals surface area contributed by atoms with Crippen molar-refractivity contribution >= 4 is 23.9 Å². The van der Waals surface area contributed by atoms with Crippen LogP contribution in [0.1, 0.15) is 28.8 Å². The number of amides is 2. The maximum Gasteiger partial charge on any atom is 0.338 e. The fourth-order valence-corrected chi connectivity index (χ4v) is 4.89. The van der Waals surface area contributed by atoms with Gasteiger partial charge >= 0.3 is 5.97 Å². The Labute approximate surface area is 253 Å². The summed E-state index contributed by atoms with van der Waals surface area (Å²) in [5, 5.41) is 52.9. The minimum atomic E-state index is -1.53. The highest BCUT2D eigenvalue weighted by Gasteiger charge is 2.44. The highest BCUT2D eigenvalue weighted by atomic mass is 16.7. The molecular weight excluding hydrogens is 584 g/mol. The summed E-state index contributed by atoms with van der Waals surface area (Å²) in [6.07, 6.45) is -3.67. The van der Waals surface area contributed by atoms with Crippen LogP contribution in [0.4, 0.5) is 0 Å². The normalized spacial score (nSPS) is 30.0. The van der Waals surface area contributed by atoms with E-state index in [1.165, 1.54) is 0 Å². The Kier molecular flexibility index (Phi) is 12.4. The van der Waals surface area contributed by atoms with Gasteiger partial charge in [0.05, 0.1) is 25.4 Å². The average molecular weight is 623 g/mol. The lowest BCUT2D eigenvalue weighted by molar-refractivity contribution is -0.298. The first kappa shape index (κ1) is 33.6.